The molecule has 0 fully saturated rings. The summed E-state index contributed by atoms with van der Waals surface area (Å²) < 4.78 is 31.9. The number of benzene rings is 1. The number of carbonyl (C=O) groups excluding carboxylic acids is 1. The molecular formula is C14H8F2N2O2S. The molecule has 21 heavy (non-hydrogen) atoms. The van der Waals surface area contributed by atoms with Crippen LogP contribution < -0.4 is 5.32 Å². The Morgan fingerprint density at radius 3 is 3.00 bits per heavy atom. The molecule has 3 rings (SSSR count). The van der Waals surface area contributed by atoms with Crippen LogP contribution >= 0.6 is 11.3 Å². The van der Waals surface area contributed by atoms with Gasteiger partial charge in [-0.2, -0.15) is 0 Å². The summed E-state index contributed by atoms with van der Waals surface area (Å²) in [5.74, 6) is -1.35. The summed E-state index contributed by atoms with van der Waals surface area (Å²) in [6.45, 7) is 0. The largest absolute Gasteiger partial charge is 0.465 e. The number of hydrogen-bond donors (Lipinski definition) is 1. The second-order valence-corrected chi connectivity index (χ2v) is 5.12. The molecule has 1 amide bonds. The van der Waals surface area contributed by atoms with Gasteiger partial charge in [0.15, 0.2) is 10.9 Å². The fourth-order valence-corrected chi connectivity index (χ4v) is 2.61. The molecule has 0 saturated carbocycles. The number of hydrogen-bond acceptors (Lipinski definition) is 4. The summed E-state index contributed by atoms with van der Waals surface area (Å²) in [5.41, 5.74) is 0.0340. The van der Waals surface area contributed by atoms with E-state index in [-0.39, 0.29) is 10.6 Å². The summed E-state index contributed by atoms with van der Waals surface area (Å²) in [4.78, 5) is 15.6. The first-order valence-corrected chi connectivity index (χ1v) is 6.71. The molecule has 3 aromatic rings. The fourth-order valence-electron chi connectivity index (χ4n) is 1.70. The van der Waals surface area contributed by atoms with Crippen molar-refractivity contribution < 1.29 is 18.0 Å². The molecule has 4 nitrogen and oxygen atoms in total. The van der Waals surface area contributed by atoms with E-state index < -0.39 is 17.5 Å². The molecule has 0 atom stereocenters. The van der Waals surface area contributed by atoms with Crippen LogP contribution in [0, 0.1) is 11.6 Å². The third-order valence-electron chi connectivity index (χ3n) is 2.59. The van der Waals surface area contributed by atoms with Crippen molar-refractivity contribution in [2.24, 2.45) is 0 Å². The van der Waals surface area contributed by atoms with Crippen LogP contribution in [0.1, 0.15) is 5.76 Å². The van der Waals surface area contributed by atoms with Crippen LogP contribution in [0.15, 0.2) is 41.0 Å². The van der Waals surface area contributed by atoms with E-state index in [2.05, 4.69) is 10.3 Å². The van der Waals surface area contributed by atoms with Crippen LogP contribution in [0.5, 0.6) is 0 Å². The number of furan rings is 1. The van der Waals surface area contributed by atoms with Crippen molar-refractivity contribution in [1.82, 2.24) is 4.98 Å². The minimum atomic E-state index is -0.757. The average Bonchev–Trinajstić information content (AvgIpc) is 3.05. The number of thiazole rings is 1. The van der Waals surface area contributed by atoms with E-state index in [9.17, 15) is 13.6 Å². The van der Waals surface area contributed by atoms with Crippen LogP contribution in [0.25, 0.3) is 16.3 Å². The smallest absolute Gasteiger partial charge is 0.250 e. The molecule has 0 aliphatic rings. The minimum Gasteiger partial charge on any atom is -0.465 e. The Balaban J connectivity index is 1.78. The summed E-state index contributed by atoms with van der Waals surface area (Å²) in [7, 11) is 0. The number of amides is 1. The molecule has 0 bridgehead atoms. The lowest BCUT2D eigenvalue weighted by molar-refractivity contribution is -0.111. The van der Waals surface area contributed by atoms with Gasteiger partial charge in [-0.15, -0.1) is 0 Å². The molecule has 1 aromatic carbocycles. The molecule has 1 N–H and O–H groups in total. The van der Waals surface area contributed by atoms with Crippen LogP contribution in [0.3, 0.4) is 0 Å². The van der Waals surface area contributed by atoms with E-state index in [0.717, 1.165) is 17.4 Å². The molecule has 0 saturated heterocycles. The highest BCUT2D eigenvalue weighted by atomic mass is 32.1. The van der Waals surface area contributed by atoms with Gasteiger partial charge in [-0.25, -0.2) is 13.8 Å². The Morgan fingerprint density at radius 1 is 1.38 bits per heavy atom. The van der Waals surface area contributed by atoms with Gasteiger partial charge in [0.25, 0.3) is 0 Å². The van der Waals surface area contributed by atoms with Gasteiger partial charge in [-0.05, 0) is 24.3 Å². The monoisotopic (exact) mass is 306 g/mol. The van der Waals surface area contributed by atoms with Gasteiger partial charge in [-0.3, -0.25) is 10.1 Å². The van der Waals surface area contributed by atoms with Gasteiger partial charge in [0.2, 0.25) is 5.91 Å². The number of rotatable bonds is 3. The van der Waals surface area contributed by atoms with Gasteiger partial charge in [-0.1, -0.05) is 11.3 Å². The third-order valence-corrected chi connectivity index (χ3v) is 3.50. The van der Waals surface area contributed by atoms with Crippen molar-refractivity contribution in [2.75, 3.05) is 5.32 Å². The highest BCUT2D eigenvalue weighted by Gasteiger charge is 2.11. The fraction of sp³-hybridized carbons (Fsp3) is 0. The number of fused-ring (bicyclic) bond motifs is 1. The highest BCUT2D eigenvalue weighted by Crippen LogP contribution is 2.28. The van der Waals surface area contributed by atoms with Crippen molar-refractivity contribution in [1.29, 1.82) is 0 Å². The lowest BCUT2D eigenvalue weighted by atomic mass is 10.3. The van der Waals surface area contributed by atoms with Crippen molar-refractivity contribution in [3.63, 3.8) is 0 Å². The maximum atomic E-state index is 13.5. The Hall–Kier alpha value is -2.54. The van der Waals surface area contributed by atoms with Crippen molar-refractivity contribution in [3.8, 4) is 0 Å². The topological polar surface area (TPSA) is 55.1 Å². The predicted molar refractivity (Wildman–Crippen MR) is 75.9 cm³/mol. The summed E-state index contributed by atoms with van der Waals surface area (Å²) in [6.07, 6.45) is 4.24. The lowest BCUT2D eigenvalue weighted by Crippen LogP contribution is -2.07. The van der Waals surface area contributed by atoms with Crippen LogP contribution in [0.2, 0.25) is 0 Å². The predicted octanol–water partition coefficient (Wildman–Crippen LogP) is 3.82. The van der Waals surface area contributed by atoms with Gasteiger partial charge in [0.1, 0.15) is 17.1 Å². The average molecular weight is 306 g/mol. The lowest BCUT2D eigenvalue weighted by Gasteiger charge is -1.94. The number of nitrogens with zero attached hydrogens (tertiary/aromatic N) is 1. The highest BCUT2D eigenvalue weighted by molar-refractivity contribution is 7.22. The maximum absolute atomic E-state index is 13.5. The Bertz CT molecular complexity index is 825. The Labute approximate surface area is 121 Å². The first kappa shape index (κ1) is 13.4. The first-order valence-electron chi connectivity index (χ1n) is 5.90. The SMILES string of the molecule is O=C(/C=C/c1ccco1)Nc1nc2c(F)cc(F)cc2s1. The molecule has 0 unspecified atom stereocenters. The van der Waals surface area contributed by atoms with E-state index >= 15 is 0 Å². The molecule has 2 aromatic heterocycles. The van der Waals surface area contributed by atoms with Gasteiger partial charge in [0.05, 0.1) is 11.0 Å². The molecule has 106 valence electrons. The second-order valence-electron chi connectivity index (χ2n) is 4.09. The van der Waals surface area contributed by atoms with Gasteiger partial charge < -0.3 is 4.42 Å². The molecule has 2 heterocycles. The quantitative estimate of drug-likeness (QED) is 0.748. The zero-order valence-corrected chi connectivity index (χ0v) is 11.3. The van der Waals surface area contributed by atoms with Gasteiger partial charge >= 0.3 is 0 Å². The summed E-state index contributed by atoms with van der Waals surface area (Å²) >= 11 is 0.997. The van der Waals surface area contributed by atoms with Crippen LogP contribution in [0.4, 0.5) is 13.9 Å². The van der Waals surface area contributed by atoms with Crippen LogP contribution in [-0.2, 0) is 4.79 Å². The number of nitrogens with one attached hydrogen (secondary N) is 1. The maximum Gasteiger partial charge on any atom is 0.250 e. The van der Waals surface area contributed by atoms with E-state index in [1.807, 2.05) is 0 Å². The molecule has 0 aliphatic carbocycles. The van der Waals surface area contributed by atoms with Gasteiger partial charge in [0, 0.05) is 12.1 Å². The van der Waals surface area contributed by atoms with E-state index in [0.29, 0.717) is 10.5 Å². The standard InChI is InChI=1S/C14H8F2N2O2S/c15-8-6-10(16)13-11(7-8)21-14(18-13)17-12(19)4-3-9-2-1-5-20-9/h1-7H,(H,17,18,19)/b4-3+. The number of carbonyl (C=O) groups is 1. The summed E-state index contributed by atoms with van der Waals surface area (Å²) in [6, 6.07) is 5.32. The zero-order chi connectivity index (χ0) is 14.8. The van der Waals surface area contributed by atoms with Crippen molar-refractivity contribution in [2.45, 2.75) is 0 Å². The van der Waals surface area contributed by atoms with E-state index in [1.54, 1.807) is 12.1 Å². The second kappa shape index (κ2) is 5.45. The normalized spacial score (nSPS) is 11.3. The first-order chi connectivity index (χ1) is 10.1. The van der Waals surface area contributed by atoms with Crippen LogP contribution in [-0.4, -0.2) is 10.9 Å². The third kappa shape index (κ3) is 2.97. The molecule has 7 heteroatoms. The van der Waals surface area contributed by atoms with E-state index in [1.165, 1.54) is 24.5 Å². The number of halogens is 2. The molecule has 0 spiro atoms. The van der Waals surface area contributed by atoms with E-state index in [4.69, 9.17) is 4.42 Å². The molecule has 0 radical (unpaired) electrons. The van der Waals surface area contributed by atoms with Crippen molar-refractivity contribution >= 4 is 38.7 Å². The van der Waals surface area contributed by atoms with Crippen molar-refractivity contribution in [3.05, 3.63) is 54.0 Å². The number of aromatic nitrogens is 1. The Morgan fingerprint density at radius 2 is 2.24 bits per heavy atom. The summed E-state index contributed by atoms with van der Waals surface area (Å²) in [5, 5.41) is 2.69. The number of anilines is 1. The molecule has 0 aliphatic heterocycles. The minimum absolute atomic E-state index is 0.0340. The Kier molecular flexibility index (Phi) is 3.49. The zero-order valence-electron chi connectivity index (χ0n) is 10.5. The molecular weight excluding hydrogens is 298 g/mol.